The molecule has 0 aromatic carbocycles. The molecule has 0 aromatic rings. The van der Waals surface area contributed by atoms with Crippen LogP contribution in [0.5, 0.6) is 0 Å². The molecule has 0 radical (unpaired) electrons. The third kappa shape index (κ3) is 3.39. The van der Waals surface area contributed by atoms with E-state index in [9.17, 15) is 10.2 Å². The lowest BCUT2D eigenvalue weighted by atomic mass is 10.1. The van der Waals surface area contributed by atoms with E-state index < -0.39 is 0 Å². The molecule has 2 N–H and O–H groups in total. The van der Waals surface area contributed by atoms with Crippen molar-refractivity contribution in [2.45, 2.75) is 25.0 Å². The van der Waals surface area contributed by atoms with E-state index in [2.05, 4.69) is 20.8 Å². The lowest BCUT2D eigenvalue weighted by Crippen LogP contribution is -2.40. The second-order valence-electron chi connectivity index (χ2n) is 3.34. The summed E-state index contributed by atoms with van der Waals surface area (Å²) in [5.74, 6) is 0. The van der Waals surface area contributed by atoms with Crippen LogP contribution in [0.2, 0.25) is 0 Å². The second kappa shape index (κ2) is 5.17. The van der Waals surface area contributed by atoms with Crippen LogP contribution < -0.4 is 0 Å². The van der Waals surface area contributed by atoms with Gasteiger partial charge >= 0.3 is 0 Å². The van der Waals surface area contributed by atoms with Gasteiger partial charge < -0.3 is 15.1 Å². The maximum atomic E-state index is 9.33. The molecule has 4 heteroatoms. The molecule has 3 nitrogen and oxygen atoms in total. The van der Waals surface area contributed by atoms with Crippen LogP contribution in [0.15, 0.2) is 0 Å². The topological polar surface area (TPSA) is 43.7 Å². The summed E-state index contributed by atoms with van der Waals surface area (Å²) in [6.07, 6.45) is 1.28. The van der Waals surface area contributed by atoms with Gasteiger partial charge in [-0.15, -0.1) is 0 Å². The minimum atomic E-state index is -0.278. The first kappa shape index (κ1) is 10.4. The first-order valence-electron chi connectivity index (χ1n) is 4.37. The molecule has 1 aliphatic heterocycles. The van der Waals surface area contributed by atoms with E-state index in [0.29, 0.717) is 5.33 Å². The summed E-state index contributed by atoms with van der Waals surface area (Å²) < 4.78 is 0. The highest BCUT2D eigenvalue weighted by Gasteiger charge is 2.18. The molecule has 0 spiro atoms. The monoisotopic (exact) mass is 237 g/mol. The van der Waals surface area contributed by atoms with Crippen LogP contribution in [0.1, 0.15) is 12.8 Å². The van der Waals surface area contributed by atoms with Gasteiger partial charge in [0.15, 0.2) is 0 Å². The van der Waals surface area contributed by atoms with Crippen LogP contribution in [-0.2, 0) is 0 Å². The Bertz CT molecular complexity index is 126. The van der Waals surface area contributed by atoms with E-state index in [-0.39, 0.29) is 12.2 Å². The summed E-state index contributed by atoms with van der Waals surface area (Å²) in [7, 11) is 0. The fourth-order valence-electron chi connectivity index (χ4n) is 1.45. The van der Waals surface area contributed by atoms with E-state index >= 15 is 0 Å². The van der Waals surface area contributed by atoms with Crippen LogP contribution >= 0.6 is 15.9 Å². The molecule has 0 aromatic heterocycles. The molecule has 1 aliphatic rings. The van der Waals surface area contributed by atoms with Gasteiger partial charge in [-0.1, -0.05) is 15.9 Å². The maximum absolute atomic E-state index is 9.33. The van der Waals surface area contributed by atoms with Gasteiger partial charge in [0, 0.05) is 25.0 Å². The summed E-state index contributed by atoms with van der Waals surface area (Å²) in [6.45, 7) is 2.54. The highest BCUT2D eigenvalue weighted by Crippen LogP contribution is 2.10. The highest BCUT2D eigenvalue weighted by atomic mass is 79.9. The number of aliphatic hydroxyl groups excluding tert-OH is 2. The predicted octanol–water partition coefficient (Wildman–Crippen LogP) is 0.199. The first-order chi connectivity index (χ1) is 5.72. The van der Waals surface area contributed by atoms with Crippen molar-refractivity contribution in [1.82, 2.24) is 4.90 Å². The van der Waals surface area contributed by atoms with Crippen molar-refractivity contribution >= 4 is 15.9 Å². The molecule has 1 unspecified atom stereocenters. The zero-order chi connectivity index (χ0) is 8.97. The Hall–Kier alpha value is 0.360. The average molecular weight is 238 g/mol. The Morgan fingerprint density at radius 3 is 2.50 bits per heavy atom. The third-order valence-corrected chi connectivity index (χ3v) is 2.95. The van der Waals surface area contributed by atoms with Crippen LogP contribution in [0, 0.1) is 0 Å². The van der Waals surface area contributed by atoms with Crippen molar-refractivity contribution in [3.05, 3.63) is 0 Å². The van der Waals surface area contributed by atoms with E-state index in [1.165, 1.54) is 0 Å². The molecular formula is C8H16BrNO2. The van der Waals surface area contributed by atoms with Gasteiger partial charge in [0.1, 0.15) is 0 Å². The van der Waals surface area contributed by atoms with Crippen LogP contribution in [0.4, 0.5) is 0 Å². The fourth-order valence-corrected chi connectivity index (χ4v) is 1.65. The Balaban J connectivity index is 2.17. The van der Waals surface area contributed by atoms with Gasteiger partial charge in [0.05, 0.1) is 12.2 Å². The lowest BCUT2D eigenvalue weighted by molar-refractivity contribution is 0.0574. The standard InChI is InChI=1S/C8H16BrNO2/c9-5-8(12)6-10-3-1-7(11)2-4-10/h7-8,11-12H,1-6H2. The van der Waals surface area contributed by atoms with Crippen molar-refractivity contribution in [2.24, 2.45) is 0 Å². The number of halogens is 1. The zero-order valence-corrected chi connectivity index (χ0v) is 8.70. The minimum Gasteiger partial charge on any atom is -0.393 e. The first-order valence-corrected chi connectivity index (χ1v) is 5.49. The zero-order valence-electron chi connectivity index (χ0n) is 7.12. The molecule has 0 bridgehead atoms. The molecule has 1 fully saturated rings. The molecule has 1 rings (SSSR count). The predicted molar refractivity (Wildman–Crippen MR) is 51.5 cm³/mol. The summed E-state index contributed by atoms with van der Waals surface area (Å²) in [6, 6.07) is 0. The van der Waals surface area contributed by atoms with E-state index in [4.69, 9.17) is 0 Å². The molecule has 0 amide bonds. The number of aliphatic hydroxyl groups is 2. The number of nitrogens with zero attached hydrogens (tertiary/aromatic N) is 1. The van der Waals surface area contributed by atoms with Gasteiger partial charge in [-0.05, 0) is 12.8 Å². The Kier molecular flexibility index (Phi) is 4.50. The third-order valence-electron chi connectivity index (χ3n) is 2.20. The van der Waals surface area contributed by atoms with Crippen LogP contribution in [0.25, 0.3) is 0 Å². The maximum Gasteiger partial charge on any atom is 0.0763 e. The molecule has 1 saturated heterocycles. The van der Waals surface area contributed by atoms with E-state index in [1.54, 1.807) is 0 Å². The highest BCUT2D eigenvalue weighted by molar-refractivity contribution is 9.09. The summed E-state index contributed by atoms with van der Waals surface area (Å²) in [5.41, 5.74) is 0. The lowest BCUT2D eigenvalue weighted by Gasteiger charge is -2.30. The second-order valence-corrected chi connectivity index (χ2v) is 3.99. The van der Waals surface area contributed by atoms with Gasteiger partial charge in [-0.3, -0.25) is 0 Å². The molecule has 1 heterocycles. The number of hydrogen-bond donors (Lipinski definition) is 2. The van der Waals surface area contributed by atoms with Crippen molar-refractivity contribution in [3.8, 4) is 0 Å². The van der Waals surface area contributed by atoms with E-state index in [0.717, 1.165) is 32.5 Å². The van der Waals surface area contributed by atoms with Gasteiger partial charge in [0.2, 0.25) is 0 Å². The quantitative estimate of drug-likeness (QED) is 0.690. The summed E-state index contributed by atoms with van der Waals surface area (Å²) in [4.78, 5) is 2.19. The smallest absolute Gasteiger partial charge is 0.0763 e. The molecular weight excluding hydrogens is 222 g/mol. The van der Waals surface area contributed by atoms with Gasteiger partial charge in [0.25, 0.3) is 0 Å². The minimum absolute atomic E-state index is 0.123. The summed E-state index contributed by atoms with van der Waals surface area (Å²) in [5, 5.41) is 19.2. The number of hydrogen-bond acceptors (Lipinski definition) is 3. The molecule has 12 heavy (non-hydrogen) atoms. The molecule has 72 valence electrons. The Morgan fingerprint density at radius 2 is 2.00 bits per heavy atom. The number of piperidine rings is 1. The number of β-amino-alcohol motifs (C(OH)–C–C–N with tert-alkyl or cyclic N) is 1. The Labute approximate surface area is 81.5 Å². The van der Waals surface area contributed by atoms with Crippen molar-refractivity contribution < 1.29 is 10.2 Å². The van der Waals surface area contributed by atoms with Gasteiger partial charge in [-0.2, -0.15) is 0 Å². The SMILES string of the molecule is OC1CCN(CC(O)CBr)CC1. The van der Waals surface area contributed by atoms with Crippen molar-refractivity contribution in [3.63, 3.8) is 0 Å². The molecule has 0 aliphatic carbocycles. The Morgan fingerprint density at radius 1 is 1.42 bits per heavy atom. The number of rotatable bonds is 3. The molecule has 0 saturated carbocycles. The molecule has 1 atom stereocenters. The van der Waals surface area contributed by atoms with Crippen molar-refractivity contribution in [1.29, 1.82) is 0 Å². The normalized spacial score (nSPS) is 24.2. The van der Waals surface area contributed by atoms with Crippen LogP contribution in [0.3, 0.4) is 0 Å². The number of likely N-dealkylation sites (tertiary alicyclic amines) is 1. The fraction of sp³-hybridized carbons (Fsp3) is 1.00. The van der Waals surface area contributed by atoms with Gasteiger partial charge in [-0.25, -0.2) is 0 Å². The van der Waals surface area contributed by atoms with Crippen LogP contribution in [-0.4, -0.2) is 52.3 Å². The van der Waals surface area contributed by atoms with Crippen molar-refractivity contribution in [2.75, 3.05) is 25.0 Å². The average Bonchev–Trinajstić information content (AvgIpc) is 2.09. The largest absolute Gasteiger partial charge is 0.393 e. The summed E-state index contributed by atoms with van der Waals surface area (Å²) >= 11 is 3.23. The number of alkyl halides is 1. The van der Waals surface area contributed by atoms with E-state index in [1.807, 2.05) is 0 Å².